The van der Waals surface area contributed by atoms with Crippen LogP contribution in [-0.2, 0) is 20.9 Å². The van der Waals surface area contributed by atoms with Crippen molar-refractivity contribution in [3.8, 4) is 0 Å². The second-order valence-corrected chi connectivity index (χ2v) is 4.46. The third kappa shape index (κ3) is 4.33. The molecule has 1 amide bonds. The molecule has 116 valence electrons. The Morgan fingerprint density at radius 2 is 2.09 bits per heavy atom. The highest BCUT2D eigenvalue weighted by molar-refractivity contribution is 5.77. The molecule has 1 aromatic heterocycles. The van der Waals surface area contributed by atoms with Crippen molar-refractivity contribution in [1.29, 1.82) is 0 Å². The quantitative estimate of drug-likeness (QED) is 0.767. The number of esters is 1. The van der Waals surface area contributed by atoms with Crippen molar-refractivity contribution in [2.24, 2.45) is 0 Å². The summed E-state index contributed by atoms with van der Waals surface area (Å²) < 4.78 is 18.8. The fraction of sp³-hybridized carbons (Fsp3) is 0.308. The van der Waals surface area contributed by atoms with Gasteiger partial charge < -0.3 is 10.1 Å². The Morgan fingerprint density at radius 1 is 1.36 bits per heavy atom. The van der Waals surface area contributed by atoms with Gasteiger partial charge in [0.05, 0.1) is 19.6 Å². The Kier molecular flexibility index (Phi) is 5.12. The maximum Gasteiger partial charge on any atom is 0.307 e. The summed E-state index contributed by atoms with van der Waals surface area (Å²) in [5.74, 6) is -1.27. The number of halogens is 1. The number of nitrogens with one attached hydrogen (secondary N) is 1. The van der Waals surface area contributed by atoms with Crippen LogP contribution in [0.15, 0.2) is 30.6 Å². The van der Waals surface area contributed by atoms with E-state index in [-0.39, 0.29) is 18.9 Å². The Morgan fingerprint density at radius 3 is 2.68 bits per heavy atom. The Hall–Kier alpha value is -2.84. The first-order valence-corrected chi connectivity index (χ1v) is 6.41. The number of rotatable bonds is 6. The molecule has 1 aromatic carbocycles. The highest BCUT2D eigenvalue weighted by Crippen LogP contribution is 2.18. The molecule has 1 N–H and O–H groups in total. The molecule has 0 aliphatic carbocycles. The van der Waals surface area contributed by atoms with E-state index in [1.54, 1.807) is 0 Å². The van der Waals surface area contributed by atoms with Gasteiger partial charge in [-0.3, -0.25) is 9.59 Å². The fourth-order valence-corrected chi connectivity index (χ4v) is 1.84. The largest absolute Gasteiger partial charge is 0.469 e. The lowest BCUT2D eigenvalue weighted by atomic mass is 10.0. The topological polar surface area (TPSA) is 99.0 Å². The molecular formula is C13H14FN5O3. The summed E-state index contributed by atoms with van der Waals surface area (Å²) in [6.45, 7) is -0.0914. The molecule has 0 radical (unpaired) electrons. The Balaban J connectivity index is 2.08. The first-order chi connectivity index (χ1) is 10.6. The smallest absolute Gasteiger partial charge is 0.307 e. The number of tetrazole rings is 1. The van der Waals surface area contributed by atoms with E-state index < -0.39 is 17.8 Å². The molecule has 0 spiro atoms. The summed E-state index contributed by atoms with van der Waals surface area (Å²) in [5, 5.41) is 13.1. The molecule has 22 heavy (non-hydrogen) atoms. The molecule has 1 atom stereocenters. The summed E-state index contributed by atoms with van der Waals surface area (Å²) in [6, 6.07) is 4.89. The summed E-state index contributed by atoms with van der Waals surface area (Å²) in [6.07, 6.45) is 1.23. The zero-order valence-electron chi connectivity index (χ0n) is 11.8. The summed E-state index contributed by atoms with van der Waals surface area (Å²) in [7, 11) is 1.26. The van der Waals surface area contributed by atoms with Gasteiger partial charge in [0.15, 0.2) is 0 Å². The predicted molar refractivity (Wildman–Crippen MR) is 71.7 cm³/mol. The molecule has 1 heterocycles. The van der Waals surface area contributed by atoms with Gasteiger partial charge >= 0.3 is 5.97 Å². The zero-order valence-corrected chi connectivity index (χ0v) is 11.8. The molecule has 0 aliphatic rings. The van der Waals surface area contributed by atoms with Crippen LogP contribution >= 0.6 is 0 Å². The molecular weight excluding hydrogens is 293 g/mol. The number of hydrogen-bond donors (Lipinski definition) is 1. The molecule has 0 saturated carbocycles. The van der Waals surface area contributed by atoms with Crippen LogP contribution in [0.2, 0.25) is 0 Å². The minimum absolute atomic E-state index is 0.0660. The molecule has 2 rings (SSSR count). The van der Waals surface area contributed by atoms with Crippen LogP contribution in [0.5, 0.6) is 0 Å². The van der Waals surface area contributed by atoms with Gasteiger partial charge in [-0.15, -0.1) is 5.10 Å². The average Bonchev–Trinajstić information content (AvgIpc) is 3.00. The number of aromatic nitrogens is 4. The summed E-state index contributed by atoms with van der Waals surface area (Å²) >= 11 is 0. The first-order valence-electron chi connectivity index (χ1n) is 6.41. The monoisotopic (exact) mass is 307 g/mol. The van der Waals surface area contributed by atoms with Crippen molar-refractivity contribution in [3.05, 3.63) is 42.0 Å². The Bertz CT molecular complexity index is 630. The molecule has 2 aromatic rings. The zero-order chi connectivity index (χ0) is 15.9. The van der Waals surface area contributed by atoms with E-state index in [2.05, 4.69) is 25.6 Å². The van der Waals surface area contributed by atoms with Crippen molar-refractivity contribution in [2.45, 2.75) is 19.0 Å². The summed E-state index contributed by atoms with van der Waals surface area (Å²) in [4.78, 5) is 23.5. The molecule has 0 fully saturated rings. The van der Waals surface area contributed by atoms with Crippen LogP contribution in [0, 0.1) is 5.82 Å². The van der Waals surface area contributed by atoms with Crippen LogP contribution < -0.4 is 5.32 Å². The minimum atomic E-state index is -0.628. The molecule has 0 bridgehead atoms. The molecule has 0 saturated heterocycles. The van der Waals surface area contributed by atoms with Crippen LogP contribution in [0.3, 0.4) is 0 Å². The van der Waals surface area contributed by atoms with Crippen LogP contribution in [-0.4, -0.2) is 39.2 Å². The third-order valence-corrected chi connectivity index (χ3v) is 2.90. The van der Waals surface area contributed by atoms with Gasteiger partial charge in [0.2, 0.25) is 5.91 Å². The number of nitrogens with zero attached hydrogens (tertiary/aromatic N) is 4. The van der Waals surface area contributed by atoms with Crippen LogP contribution in [0.1, 0.15) is 18.0 Å². The van der Waals surface area contributed by atoms with E-state index in [0.717, 1.165) is 0 Å². The van der Waals surface area contributed by atoms with Gasteiger partial charge in [0, 0.05) is 0 Å². The SMILES string of the molecule is COC(=O)C[C@H](NC(=O)Cn1cnnn1)c1ccc(F)cc1. The van der Waals surface area contributed by atoms with Gasteiger partial charge in [0.25, 0.3) is 0 Å². The van der Waals surface area contributed by atoms with E-state index >= 15 is 0 Å². The van der Waals surface area contributed by atoms with Gasteiger partial charge in [-0.25, -0.2) is 9.07 Å². The predicted octanol–water partition coefficient (Wildman–Crippen LogP) is 0.233. The number of carbonyl (C=O) groups excluding carboxylic acids is 2. The molecule has 8 nitrogen and oxygen atoms in total. The van der Waals surface area contributed by atoms with Gasteiger partial charge in [-0.1, -0.05) is 12.1 Å². The number of hydrogen-bond acceptors (Lipinski definition) is 6. The number of amides is 1. The fourth-order valence-electron chi connectivity index (χ4n) is 1.84. The lowest BCUT2D eigenvalue weighted by Crippen LogP contribution is -2.33. The van der Waals surface area contributed by atoms with Gasteiger partial charge in [-0.05, 0) is 28.1 Å². The second-order valence-electron chi connectivity index (χ2n) is 4.46. The molecule has 9 heteroatoms. The standard InChI is InChI=1S/C13H14FN5O3/c1-22-13(21)6-11(9-2-4-10(14)5-3-9)16-12(20)7-19-8-15-17-18-19/h2-5,8,11H,6-7H2,1H3,(H,16,20)/t11-/m0/s1. The molecule has 0 aliphatic heterocycles. The van der Waals surface area contributed by atoms with Crippen molar-refractivity contribution < 1.29 is 18.7 Å². The Labute approximate surface area is 125 Å². The van der Waals surface area contributed by atoms with E-state index in [9.17, 15) is 14.0 Å². The van der Waals surface area contributed by atoms with Crippen molar-refractivity contribution in [2.75, 3.05) is 7.11 Å². The minimum Gasteiger partial charge on any atom is -0.469 e. The first kappa shape index (κ1) is 15.5. The van der Waals surface area contributed by atoms with Gasteiger partial charge in [-0.2, -0.15) is 0 Å². The highest BCUT2D eigenvalue weighted by atomic mass is 19.1. The lowest BCUT2D eigenvalue weighted by Gasteiger charge is -2.18. The maximum absolute atomic E-state index is 13.0. The number of carbonyl (C=O) groups is 2. The second kappa shape index (κ2) is 7.25. The molecule has 0 unspecified atom stereocenters. The number of ether oxygens (including phenoxy) is 1. The highest BCUT2D eigenvalue weighted by Gasteiger charge is 2.19. The van der Waals surface area contributed by atoms with Crippen molar-refractivity contribution in [3.63, 3.8) is 0 Å². The number of methoxy groups -OCH3 is 1. The van der Waals surface area contributed by atoms with E-state index in [0.29, 0.717) is 5.56 Å². The number of benzene rings is 1. The normalized spacial score (nSPS) is 11.7. The van der Waals surface area contributed by atoms with Crippen molar-refractivity contribution >= 4 is 11.9 Å². The van der Waals surface area contributed by atoms with Crippen LogP contribution in [0.25, 0.3) is 0 Å². The van der Waals surface area contributed by atoms with Gasteiger partial charge in [0.1, 0.15) is 18.7 Å². The maximum atomic E-state index is 13.0. The summed E-state index contributed by atoms with van der Waals surface area (Å²) in [5.41, 5.74) is 0.594. The lowest BCUT2D eigenvalue weighted by molar-refractivity contribution is -0.141. The van der Waals surface area contributed by atoms with E-state index in [1.807, 2.05) is 0 Å². The van der Waals surface area contributed by atoms with Crippen LogP contribution in [0.4, 0.5) is 4.39 Å². The third-order valence-electron chi connectivity index (χ3n) is 2.90. The van der Waals surface area contributed by atoms with Crippen molar-refractivity contribution in [1.82, 2.24) is 25.5 Å². The van der Waals surface area contributed by atoms with E-state index in [1.165, 1.54) is 42.4 Å². The average molecular weight is 307 g/mol. The van der Waals surface area contributed by atoms with E-state index in [4.69, 9.17) is 0 Å².